The SMILES string of the molecule is COC(=O)CCS(=O)(=O)c1ccc(Nc2ncc(C(F)(F)F)c(-n3cccn3)n2)cc1. The highest BCUT2D eigenvalue weighted by atomic mass is 32.2. The maximum Gasteiger partial charge on any atom is 0.421 e. The molecule has 0 saturated heterocycles. The molecule has 2 heterocycles. The fourth-order valence-electron chi connectivity index (χ4n) is 2.51. The van der Waals surface area contributed by atoms with E-state index in [0.717, 1.165) is 11.8 Å². The number of anilines is 2. The number of benzene rings is 1. The second-order valence-corrected chi connectivity index (χ2v) is 8.28. The van der Waals surface area contributed by atoms with Gasteiger partial charge in [0, 0.05) is 24.3 Å². The first-order valence-electron chi connectivity index (χ1n) is 8.71. The van der Waals surface area contributed by atoms with Crippen molar-refractivity contribution in [3.05, 3.63) is 54.5 Å². The number of hydrogen-bond acceptors (Lipinski definition) is 8. The van der Waals surface area contributed by atoms with Gasteiger partial charge in [-0.05, 0) is 30.3 Å². The number of esters is 1. The number of rotatable bonds is 7. The van der Waals surface area contributed by atoms with Gasteiger partial charge in [0.15, 0.2) is 15.7 Å². The minimum absolute atomic E-state index is 0.0208. The summed E-state index contributed by atoms with van der Waals surface area (Å²) in [4.78, 5) is 18.7. The molecule has 0 fully saturated rings. The summed E-state index contributed by atoms with van der Waals surface area (Å²) in [6, 6.07) is 6.86. The molecule has 0 aliphatic heterocycles. The molecular weight excluding hydrogens is 439 g/mol. The lowest BCUT2D eigenvalue weighted by atomic mass is 10.3. The van der Waals surface area contributed by atoms with Gasteiger partial charge in [-0.2, -0.15) is 23.3 Å². The van der Waals surface area contributed by atoms with Crippen LogP contribution in [0.1, 0.15) is 12.0 Å². The van der Waals surface area contributed by atoms with Crippen molar-refractivity contribution in [2.45, 2.75) is 17.5 Å². The van der Waals surface area contributed by atoms with Crippen LogP contribution in [0.15, 0.2) is 53.8 Å². The fraction of sp³-hybridized carbons (Fsp3) is 0.222. The number of alkyl halides is 3. The van der Waals surface area contributed by atoms with Crippen LogP contribution < -0.4 is 5.32 Å². The second kappa shape index (κ2) is 8.71. The van der Waals surface area contributed by atoms with E-state index in [4.69, 9.17) is 0 Å². The normalized spacial score (nSPS) is 11.9. The lowest BCUT2D eigenvalue weighted by Gasteiger charge is -2.13. The lowest BCUT2D eigenvalue weighted by Crippen LogP contribution is -2.15. The third-order valence-corrected chi connectivity index (χ3v) is 5.80. The summed E-state index contributed by atoms with van der Waals surface area (Å²) >= 11 is 0. The number of nitrogens with zero attached hydrogens (tertiary/aromatic N) is 4. The van der Waals surface area contributed by atoms with Crippen LogP contribution >= 0.6 is 0 Å². The van der Waals surface area contributed by atoms with Gasteiger partial charge in [0.25, 0.3) is 0 Å². The summed E-state index contributed by atoms with van der Waals surface area (Å²) in [7, 11) is -2.55. The minimum atomic E-state index is -4.68. The monoisotopic (exact) mass is 455 g/mol. The Morgan fingerprint density at radius 1 is 1.23 bits per heavy atom. The van der Waals surface area contributed by atoms with Gasteiger partial charge >= 0.3 is 12.1 Å². The van der Waals surface area contributed by atoms with Gasteiger partial charge in [0.2, 0.25) is 5.95 Å². The molecule has 0 spiro atoms. The first kappa shape index (κ1) is 22.2. The molecule has 1 aromatic carbocycles. The largest absolute Gasteiger partial charge is 0.469 e. The summed E-state index contributed by atoms with van der Waals surface area (Å²) in [5.41, 5.74) is -0.716. The first-order chi connectivity index (χ1) is 14.6. The summed E-state index contributed by atoms with van der Waals surface area (Å²) in [5, 5.41) is 6.51. The number of ether oxygens (including phenoxy) is 1. The van der Waals surface area contributed by atoms with E-state index in [9.17, 15) is 26.4 Å². The Hall–Kier alpha value is -3.48. The summed E-state index contributed by atoms with van der Waals surface area (Å²) < 4.78 is 69.7. The predicted octanol–water partition coefficient (Wildman–Crippen LogP) is 2.76. The van der Waals surface area contributed by atoms with Crippen LogP contribution in [0.3, 0.4) is 0 Å². The van der Waals surface area contributed by atoms with E-state index in [-0.39, 0.29) is 17.3 Å². The van der Waals surface area contributed by atoms with Crippen LogP contribution in [0, 0.1) is 0 Å². The van der Waals surface area contributed by atoms with Crippen molar-refractivity contribution in [2.24, 2.45) is 0 Å². The topological polar surface area (TPSA) is 116 Å². The zero-order valence-corrected chi connectivity index (χ0v) is 16.8. The van der Waals surface area contributed by atoms with Crippen LogP contribution in [-0.2, 0) is 25.5 Å². The molecule has 9 nitrogen and oxygen atoms in total. The van der Waals surface area contributed by atoms with E-state index in [1.54, 1.807) is 0 Å². The molecule has 0 atom stereocenters. The van der Waals surface area contributed by atoms with Crippen molar-refractivity contribution in [2.75, 3.05) is 18.2 Å². The predicted molar refractivity (Wildman–Crippen MR) is 103 cm³/mol. The highest BCUT2D eigenvalue weighted by Gasteiger charge is 2.36. The van der Waals surface area contributed by atoms with E-state index in [0.29, 0.717) is 11.9 Å². The number of hydrogen-bond donors (Lipinski definition) is 1. The van der Waals surface area contributed by atoms with Crippen molar-refractivity contribution in [3.63, 3.8) is 0 Å². The number of methoxy groups -OCH3 is 1. The molecule has 13 heteroatoms. The molecule has 1 N–H and O–H groups in total. The van der Waals surface area contributed by atoms with Crippen LogP contribution in [0.2, 0.25) is 0 Å². The number of halogens is 3. The van der Waals surface area contributed by atoms with E-state index in [2.05, 4.69) is 25.1 Å². The molecule has 3 rings (SSSR count). The Bertz CT molecular complexity index is 1160. The van der Waals surface area contributed by atoms with Gasteiger partial charge in [-0.1, -0.05) is 0 Å². The van der Waals surface area contributed by atoms with Gasteiger partial charge in [0.05, 0.1) is 24.2 Å². The molecule has 0 radical (unpaired) electrons. The Morgan fingerprint density at radius 2 is 1.94 bits per heavy atom. The van der Waals surface area contributed by atoms with Crippen molar-refractivity contribution in [3.8, 4) is 5.82 Å². The smallest absolute Gasteiger partial charge is 0.421 e. The quantitative estimate of drug-likeness (QED) is 0.541. The molecule has 0 amide bonds. The van der Waals surface area contributed by atoms with E-state index >= 15 is 0 Å². The molecule has 31 heavy (non-hydrogen) atoms. The van der Waals surface area contributed by atoms with Gasteiger partial charge in [-0.25, -0.2) is 18.1 Å². The molecule has 3 aromatic rings. The van der Waals surface area contributed by atoms with Crippen LogP contribution in [0.4, 0.5) is 24.8 Å². The van der Waals surface area contributed by atoms with Gasteiger partial charge in [0.1, 0.15) is 5.56 Å². The van der Waals surface area contributed by atoms with Crippen LogP contribution in [-0.4, -0.2) is 47.0 Å². The lowest BCUT2D eigenvalue weighted by molar-refractivity contribution is -0.140. The van der Waals surface area contributed by atoms with E-state index in [1.165, 1.54) is 42.7 Å². The fourth-order valence-corrected chi connectivity index (χ4v) is 3.74. The molecule has 0 unspecified atom stereocenters. The van der Waals surface area contributed by atoms with Gasteiger partial charge in [-0.3, -0.25) is 4.79 Å². The second-order valence-electron chi connectivity index (χ2n) is 6.17. The number of aromatic nitrogens is 4. The van der Waals surface area contributed by atoms with Crippen LogP contribution in [0.5, 0.6) is 0 Å². The summed E-state index contributed by atoms with van der Waals surface area (Å²) in [6.07, 6.45) is -1.70. The van der Waals surface area contributed by atoms with Gasteiger partial charge < -0.3 is 10.1 Å². The number of nitrogens with one attached hydrogen (secondary N) is 1. The molecule has 0 saturated carbocycles. The third-order valence-electron chi connectivity index (χ3n) is 4.07. The van der Waals surface area contributed by atoms with E-state index in [1.807, 2.05) is 0 Å². The molecular formula is C18H16F3N5O4S. The zero-order chi connectivity index (χ0) is 22.6. The first-order valence-corrected chi connectivity index (χ1v) is 10.4. The highest BCUT2D eigenvalue weighted by Crippen LogP contribution is 2.33. The Balaban J connectivity index is 1.82. The van der Waals surface area contributed by atoms with Crippen molar-refractivity contribution in [1.29, 1.82) is 0 Å². The highest BCUT2D eigenvalue weighted by molar-refractivity contribution is 7.91. The summed E-state index contributed by atoms with van der Waals surface area (Å²) in [6.45, 7) is 0. The average molecular weight is 455 g/mol. The van der Waals surface area contributed by atoms with E-state index < -0.39 is 39.1 Å². The number of carbonyl (C=O) groups is 1. The zero-order valence-electron chi connectivity index (χ0n) is 16.0. The van der Waals surface area contributed by atoms with Crippen LogP contribution in [0.25, 0.3) is 5.82 Å². The Morgan fingerprint density at radius 3 is 2.52 bits per heavy atom. The Kier molecular flexibility index (Phi) is 6.24. The third kappa shape index (κ3) is 5.36. The van der Waals surface area contributed by atoms with Crippen molar-refractivity contribution in [1.82, 2.24) is 19.7 Å². The maximum atomic E-state index is 13.3. The minimum Gasteiger partial charge on any atom is -0.469 e. The summed E-state index contributed by atoms with van der Waals surface area (Å²) in [5.74, 6) is -1.66. The standard InChI is InChI=1S/C18H16F3N5O4S/c1-30-15(27)7-10-31(28,29)13-5-3-12(4-6-13)24-17-22-11-14(18(19,20)21)16(25-17)26-9-2-8-23-26/h2-6,8-9,11H,7,10H2,1H3,(H,22,24,25). The number of carbonyl (C=O) groups excluding carboxylic acids is 1. The number of sulfone groups is 1. The van der Waals surface area contributed by atoms with Crippen molar-refractivity contribution >= 4 is 27.4 Å². The Labute approximate surface area is 174 Å². The maximum absolute atomic E-state index is 13.3. The van der Waals surface area contributed by atoms with Gasteiger partial charge in [-0.15, -0.1) is 0 Å². The molecule has 2 aromatic heterocycles. The molecule has 0 aliphatic carbocycles. The van der Waals surface area contributed by atoms with Crippen molar-refractivity contribution < 1.29 is 31.1 Å². The molecule has 164 valence electrons. The average Bonchev–Trinajstić information content (AvgIpc) is 3.26. The molecule has 0 bridgehead atoms. The molecule has 0 aliphatic rings.